The van der Waals surface area contributed by atoms with E-state index < -0.39 is 23.4 Å². The van der Waals surface area contributed by atoms with Crippen molar-refractivity contribution in [2.75, 3.05) is 17.2 Å². The highest BCUT2D eigenvalue weighted by Crippen LogP contribution is 2.27. The van der Waals surface area contributed by atoms with Gasteiger partial charge in [0.1, 0.15) is 0 Å². The first-order valence-electron chi connectivity index (χ1n) is 7.58. The fourth-order valence-corrected chi connectivity index (χ4v) is 2.36. The first-order chi connectivity index (χ1) is 11.3. The molecule has 128 valence electrons. The smallest absolute Gasteiger partial charge is 0.243 e. The van der Waals surface area contributed by atoms with Crippen LogP contribution in [-0.4, -0.2) is 12.5 Å². The molecule has 0 aliphatic carbocycles. The van der Waals surface area contributed by atoms with Crippen molar-refractivity contribution in [2.45, 2.75) is 26.7 Å². The second kappa shape index (κ2) is 7.38. The normalized spacial score (nSPS) is 10.8. The van der Waals surface area contributed by atoms with Gasteiger partial charge in [-0.05, 0) is 36.1 Å². The minimum atomic E-state index is -1.57. The number of hydrogen-bond donors (Lipinski definition) is 2. The van der Waals surface area contributed by atoms with Gasteiger partial charge in [-0.2, -0.15) is 0 Å². The molecule has 0 spiro atoms. The van der Waals surface area contributed by atoms with E-state index in [2.05, 4.69) is 10.6 Å². The Kier molecular flexibility index (Phi) is 5.49. The van der Waals surface area contributed by atoms with E-state index in [1.54, 1.807) is 0 Å². The number of nitrogens with one attached hydrogen (secondary N) is 2. The van der Waals surface area contributed by atoms with Gasteiger partial charge in [-0.25, -0.2) is 13.2 Å². The molecular formula is C18H19F3N2O. The predicted molar refractivity (Wildman–Crippen MR) is 88.7 cm³/mol. The summed E-state index contributed by atoms with van der Waals surface area (Å²) in [7, 11) is 0. The lowest BCUT2D eigenvalue weighted by molar-refractivity contribution is -0.114. The third-order valence-electron chi connectivity index (χ3n) is 3.67. The number of amides is 1. The van der Waals surface area contributed by atoms with Crippen molar-refractivity contribution in [3.05, 3.63) is 58.9 Å². The van der Waals surface area contributed by atoms with Crippen LogP contribution < -0.4 is 10.6 Å². The summed E-state index contributed by atoms with van der Waals surface area (Å²) in [6, 6.07) is 7.57. The highest BCUT2D eigenvalue weighted by Gasteiger charge is 2.15. The van der Waals surface area contributed by atoms with Crippen LogP contribution in [0, 0.1) is 24.4 Å². The summed E-state index contributed by atoms with van der Waals surface area (Å²) in [5.74, 6) is -4.38. The van der Waals surface area contributed by atoms with Gasteiger partial charge in [-0.3, -0.25) is 4.79 Å². The van der Waals surface area contributed by atoms with Crippen LogP contribution in [0.3, 0.4) is 0 Å². The van der Waals surface area contributed by atoms with E-state index in [0.717, 1.165) is 23.3 Å². The van der Waals surface area contributed by atoms with Crippen molar-refractivity contribution in [3.8, 4) is 0 Å². The lowest BCUT2D eigenvalue weighted by atomic mass is 9.98. The van der Waals surface area contributed by atoms with Crippen LogP contribution >= 0.6 is 0 Å². The molecule has 0 heterocycles. The SMILES string of the molecule is Cc1cccc(C(C)C)c1NC(=O)CNc1ccc(F)c(F)c1F. The molecule has 0 unspecified atom stereocenters. The number of carbonyl (C=O) groups excluding carboxylic acids is 1. The molecule has 3 nitrogen and oxygen atoms in total. The Bertz CT molecular complexity index is 760. The van der Waals surface area contributed by atoms with Gasteiger partial charge in [0.15, 0.2) is 17.5 Å². The Hall–Kier alpha value is -2.50. The van der Waals surface area contributed by atoms with Gasteiger partial charge >= 0.3 is 0 Å². The molecule has 0 saturated heterocycles. The summed E-state index contributed by atoms with van der Waals surface area (Å²) in [5.41, 5.74) is 2.35. The Balaban J connectivity index is 2.09. The molecular weight excluding hydrogens is 317 g/mol. The van der Waals surface area contributed by atoms with Crippen molar-refractivity contribution in [1.82, 2.24) is 0 Å². The average Bonchev–Trinajstić information content (AvgIpc) is 2.53. The second-order valence-corrected chi connectivity index (χ2v) is 5.82. The van der Waals surface area contributed by atoms with Crippen molar-refractivity contribution >= 4 is 17.3 Å². The minimum absolute atomic E-state index is 0.219. The molecule has 0 aromatic heterocycles. The monoisotopic (exact) mass is 336 g/mol. The highest BCUT2D eigenvalue weighted by molar-refractivity contribution is 5.95. The summed E-state index contributed by atoms with van der Waals surface area (Å²) >= 11 is 0. The Morgan fingerprint density at radius 3 is 2.46 bits per heavy atom. The van der Waals surface area contributed by atoms with E-state index in [4.69, 9.17) is 0 Å². The van der Waals surface area contributed by atoms with E-state index in [-0.39, 0.29) is 18.2 Å². The predicted octanol–water partition coefficient (Wildman–Crippen LogP) is 4.59. The van der Waals surface area contributed by atoms with Crippen LogP contribution in [0.1, 0.15) is 30.9 Å². The molecule has 2 rings (SSSR count). The van der Waals surface area contributed by atoms with Gasteiger partial charge < -0.3 is 10.6 Å². The van der Waals surface area contributed by atoms with Crippen LogP contribution in [0.25, 0.3) is 0 Å². The third-order valence-corrected chi connectivity index (χ3v) is 3.67. The topological polar surface area (TPSA) is 41.1 Å². The molecule has 0 bridgehead atoms. The van der Waals surface area contributed by atoms with Gasteiger partial charge in [-0.1, -0.05) is 32.0 Å². The van der Waals surface area contributed by atoms with Gasteiger partial charge in [0, 0.05) is 5.69 Å². The Morgan fingerprint density at radius 2 is 1.79 bits per heavy atom. The van der Waals surface area contributed by atoms with E-state index in [0.29, 0.717) is 5.69 Å². The molecule has 0 fully saturated rings. The zero-order valence-corrected chi connectivity index (χ0v) is 13.7. The summed E-state index contributed by atoms with van der Waals surface area (Å²) in [6.07, 6.45) is 0. The maximum Gasteiger partial charge on any atom is 0.243 e. The molecule has 2 aromatic rings. The molecule has 2 N–H and O–H groups in total. The van der Waals surface area contributed by atoms with E-state index in [1.165, 1.54) is 0 Å². The second-order valence-electron chi connectivity index (χ2n) is 5.82. The number of benzene rings is 2. The standard InChI is InChI=1S/C18H19F3N2O/c1-10(2)12-6-4-5-11(3)18(12)23-15(24)9-22-14-8-7-13(19)16(20)17(14)21/h4-8,10,22H,9H2,1-3H3,(H,23,24). The number of halogens is 3. The zero-order chi connectivity index (χ0) is 17.9. The quantitative estimate of drug-likeness (QED) is 0.784. The van der Waals surface area contributed by atoms with Gasteiger partial charge in [0.05, 0.1) is 12.2 Å². The van der Waals surface area contributed by atoms with Crippen LogP contribution in [0.5, 0.6) is 0 Å². The minimum Gasteiger partial charge on any atom is -0.374 e. The number of aryl methyl sites for hydroxylation is 1. The van der Waals surface area contributed by atoms with Crippen molar-refractivity contribution in [1.29, 1.82) is 0 Å². The van der Waals surface area contributed by atoms with Crippen LogP contribution in [0.4, 0.5) is 24.5 Å². The Labute approximate surface area is 138 Å². The lowest BCUT2D eigenvalue weighted by Crippen LogP contribution is -2.23. The first-order valence-corrected chi connectivity index (χ1v) is 7.58. The van der Waals surface area contributed by atoms with Crippen molar-refractivity contribution in [3.63, 3.8) is 0 Å². The van der Waals surface area contributed by atoms with Crippen molar-refractivity contribution in [2.24, 2.45) is 0 Å². The maximum absolute atomic E-state index is 13.6. The molecule has 0 aliphatic rings. The summed E-state index contributed by atoms with van der Waals surface area (Å²) in [5, 5.41) is 5.26. The molecule has 0 radical (unpaired) electrons. The number of rotatable bonds is 5. The number of para-hydroxylation sites is 1. The summed E-state index contributed by atoms with van der Waals surface area (Å²) in [6.45, 7) is 5.64. The van der Waals surface area contributed by atoms with E-state index >= 15 is 0 Å². The maximum atomic E-state index is 13.6. The van der Waals surface area contributed by atoms with Crippen LogP contribution in [-0.2, 0) is 4.79 Å². The van der Waals surface area contributed by atoms with Crippen LogP contribution in [0.15, 0.2) is 30.3 Å². The van der Waals surface area contributed by atoms with E-state index in [9.17, 15) is 18.0 Å². The fraction of sp³-hybridized carbons (Fsp3) is 0.278. The molecule has 24 heavy (non-hydrogen) atoms. The molecule has 6 heteroatoms. The Morgan fingerprint density at radius 1 is 1.08 bits per heavy atom. The first kappa shape index (κ1) is 17.8. The van der Waals surface area contributed by atoms with Gasteiger partial charge in [-0.15, -0.1) is 0 Å². The third kappa shape index (κ3) is 3.88. The number of anilines is 2. The van der Waals surface area contributed by atoms with E-state index in [1.807, 2.05) is 39.0 Å². The average molecular weight is 336 g/mol. The molecule has 1 amide bonds. The van der Waals surface area contributed by atoms with Gasteiger partial charge in [0.25, 0.3) is 0 Å². The highest BCUT2D eigenvalue weighted by atomic mass is 19.2. The largest absolute Gasteiger partial charge is 0.374 e. The molecule has 0 saturated carbocycles. The van der Waals surface area contributed by atoms with Crippen LogP contribution in [0.2, 0.25) is 0 Å². The summed E-state index contributed by atoms with van der Waals surface area (Å²) in [4.78, 5) is 12.1. The van der Waals surface area contributed by atoms with Crippen molar-refractivity contribution < 1.29 is 18.0 Å². The fourth-order valence-electron chi connectivity index (χ4n) is 2.36. The number of hydrogen-bond acceptors (Lipinski definition) is 2. The molecule has 0 aliphatic heterocycles. The molecule has 0 atom stereocenters. The number of carbonyl (C=O) groups is 1. The lowest BCUT2D eigenvalue weighted by Gasteiger charge is -2.17. The summed E-state index contributed by atoms with van der Waals surface area (Å²) < 4.78 is 39.6. The molecule has 2 aromatic carbocycles. The zero-order valence-electron chi connectivity index (χ0n) is 13.7. The van der Waals surface area contributed by atoms with Gasteiger partial charge in [0.2, 0.25) is 5.91 Å².